The molecule has 1 amide bonds. The van der Waals surface area contributed by atoms with Crippen LogP contribution in [-0.2, 0) is 4.79 Å². The minimum atomic E-state index is -0.331. The van der Waals surface area contributed by atoms with Crippen LogP contribution < -0.4 is 11.1 Å². The number of nitrogens with one attached hydrogen (secondary N) is 1. The van der Waals surface area contributed by atoms with Crippen LogP contribution in [0.2, 0.25) is 0 Å². The summed E-state index contributed by atoms with van der Waals surface area (Å²) in [5.41, 5.74) is 7.98. The summed E-state index contributed by atoms with van der Waals surface area (Å²) in [4.78, 5) is 12.4. The van der Waals surface area contributed by atoms with E-state index in [1.165, 1.54) is 11.1 Å². The van der Waals surface area contributed by atoms with Crippen molar-refractivity contribution < 1.29 is 4.79 Å². The van der Waals surface area contributed by atoms with E-state index < -0.39 is 0 Å². The molecule has 0 radical (unpaired) electrons. The molecule has 0 bridgehead atoms. The molecular formula is C18H31ClN2O. The van der Waals surface area contributed by atoms with E-state index in [1.807, 2.05) is 6.92 Å². The number of halogens is 1. The van der Waals surface area contributed by atoms with Crippen LogP contribution in [-0.4, -0.2) is 18.0 Å². The van der Waals surface area contributed by atoms with E-state index in [0.717, 1.165) is 6.42 Å². The molecule has 0 saturated carbocycles. The molecule has 22 heavy (non-hydrogen) atoms. The van der Waals surface area contributed by atoms with Crippen molar-refractivity contribution in [2.24, 2.45) is 11.7 Å². The van der Waals surface area contributed by atoms with Crippen molar-refractivity contribution in [2.75, 3.05) is 6.54 Å². The summed E-state index contributed by atoms with van der Waals surface area (Å²) in [6, 6.07) is 8.46. The predicted octanol–water partition coefficient (Wildman–Crippen LogP) is 3.79. The van der Waals surface area contributed by atoms with E-state index in [1.54, 1.807) is 0 Å². The van der Waals surface area contributed by atoms with Crippen LogP contribution in [0.15, 0.2) is 24.3 Å². The number of hydrogen-bond acceptors (Lipinski definition) is 2. The first-order chi connectivity index (χ1) is 9.82. The maximum Gasteiger partial charge on any atom is 0.221 e. The van der Waals surface area contributed by atoms with Gasteiger partial charge in [0.15, 0.2) is 0 Å². The number of carbonyl (C=O) groups excluding carboxylic acids is 1. The van der Waals surface area contributed by atoms with Gasteiger partial charge in [-0.1, -0.05) is 50.6 Å². The van der Waals surface area contributed by atoms with Gasteiger partial charge in [0.2, 0.25) is 5.91 Å². The SMILES string of the molecule is CCC(CC(=O)NC(C)(CN)C(C)C)c1ccc(C)cc1.Cl. The molecule has 0 saturated heterocycles. The minimum absolute atomic E-state index is 0. The van der Waals surface area contributed by atoms with Gasteiger partial charge in [0.05, 0.1) is 5.54 Å². The summed E-state index contributed by atoms with van der Waals surface area (Å²) in [5.74, 6) is 0.662. The van der Waals surface area contributed by atoms with Crippen LogP contribution in [0, 0.1) is 12.8 Å². The van der Waals surface area contributed by atoms with E-state index in [2.05, 4.69) is 57.3 Å². The molecule has 0 aromatic heterocycles. The number of aryl methyl sites for hydroxylation is 1. The average Bonchev–Trinajstić information content (AvgIpc) is 2.45. The quantitative estimate of drug-likeness (QED) is 0.801. The van der Waals surface area contributed by atoms with Crippen LogP contribution in [0.25, 0.3) is 0 Å². The van der Waals surface area contributed by atoms with E-state index in [0.29, 0.717) is 18.9 Å². The first kappa shape index (κ1) is 20.9. The molecule has 1 aromatic carbocycles. The van der Waals surface area contributed by atoms with E-state index >= 15 is 0 Å². The molecule has 3 N–H and O–H groups in total. The molecule has 1 aromatic rings. The van der Waals surface area contributed by atoms with Crippen LogP contribution in [0.5, 0.6) is 0 Å². The Kier molecular flexibility index (Phi) is 8.72. The fraction of sp³-hybridized carbons (Fsp3) is 0.611. The molecule has 3 nitrogen and oxygen atoms in total. The van der Waals surface area contributed by atoms with E-state index in [9.17, 15) is 4.79 Å². The topological polar surface area (TPSA) is 55.1 Å². The minimum Gasteiger partial charge on any atom is -0.349 e. The molecule has 2 unspecified atom stereocenters. The smallest absolute Gasteiger partial charge is 0.221 e. The highest BCUT2D eigenvalue weighted by Gasteiger charge is 2.29. The Labute approximate surface area is 141 Å². The van der Waals surface area contributed by atoms with Crippen molar-refractivity contribution in [2.45, 2.75) is 58.9 Å². The average molecular weight is 327 g/mol. The first-order valence-electron chi connectivity index (χ1n) is 7.90. The lowest BCUT2D eigenvalue weighted by Crippen LogP contribution is -2.55. The summed E-state index contributed by atoms with van der Waals surface area (Å²) < 4.78 is 0. The highest BCUT2D eigenvalue weighted by Crippen LogP contribution is 2.24. The third kappa shape index (κ3) is 5.62. The third-order valence-electron chi connectivity index (χ3n) is 4.60. The Morgan fingerprint density at radius 2 is 1.82 bits per heavy atom. The molecule has 0 aliphatic heterocycles. The second kappa shape index (κ2) is 9.16. The number of carbonyl (C=O) groups is 1. The lowest BCUT2D eigenvalue weighted by Gasteiger charge is -2.34. The van der Waals surface area contributed by atoms with Crippen molar-refractivity contribution in [3.05, 3.63) is 35.4 Å². The molecule has 0 aliphatic carbocycles. The van der Waals surface area contributed by atoms with Crippen molar-refractivity contribution >= 4 is 18.3 Å². The third-order valence-corrected chi connectivity index (χ3v) is 4.60. The van der Waals surface area contributed by atoms with Gasteiger partial charge >= 0.3 is 0 Å². The maximum absolute atomic E-state index is 12.4. The Morgan fingerprint density at radius 3 is 2.23 bits per heavy atom. The van der Waals surface area contributed by atoms with Crippen molar-refractivity contribution in [1.82, 2.24) is 5.32 Å². The Bertz CT molecular complexity index is 459. The number of amides is 1. The van der Waals surface area contributed by atoms with Crippen molar-refractivity contribution in [3.8, 4) is 0 Å². The Morgan fingerprint density at radius 1 is 1.27 bits per heavy atom. The van der Waals surface area contributed by atoms with Gasteiger partial charge in [-0.15, -0.1) is 12.4 Å². The van der Waals surface area contributed by atoms with Gasteiger partial charge in [-0.3, -0.25) is 4.79 Å². The van der Waals surface area contributed by atoms with Crippen LogP contribution >= 0.6 is 12.4 Å². The molecule has 0 spiro atoms. The maximum atomic E-state index is 12.4. The lowest BCUT2D eigenvalue weighted by molar-refractivity contribution is -0.123. The summed E-state index contributed by atoms with van der Waals surface area (Å²) in [5, 5.41) is 3.12. The summed E-state index contributed by atoms with van der Waals surface area (Å²) >= 11 is 0. The lowest BCUT2D eigenvalue weighted by atomic mass is 9.87. The fourth-order valence-electron chi connectivity index (χ4n) is 2.36. The highest BCUT2D eigenvalue weighted by atomic mass is 35.5. The molecule has 1 rings (SSSR count). The van der Waals surface area contributed by atoms with Crippen molar-refractivity contribution in [3.63, 3.8) is 0 Å². The van der Waals surface area contributed by atoms with Gasteiger partial charge in [-0.25, -0.2) is 0 Å². The molecular weight excluding hydrogens is 296 g/mol. The summed E-state index contributed by atoms with van der Waals surface area (Å²) in [6.07, 6.45) is 1.47. The molecule has 0 heterocycles. The summed E-state index contributed by atoms with van der Waals surface area (Å²) in [7, 11) is 0. The Balaban J connectivity index is 0.00000441. The summed E-state index contributed by atoms with van der Waals surface area (Å²) in [6.45, 7) is 10.9. The zero-order valence-electron chi connectivity index (χ0n) is 14.5. The van der Waals surface area contributed by atoms with Crippen LogP contribution in [0.1, 0.15) is 57.6 Å². The normalized spacial score (nSPS) is 14.9. The number of rotatable bonds is 7. The molecule has 0 aliphatic rings. The number of nitrogens with two attached hydrogens (primary N) is 1. The second-order valence-corrected chi connectivity index (χ2v) is 6.54. The molecule has 2 atom stereocenters. The second-order valence-electron chi connectivity index (χ2n) is 6.54. The zero-order valence-corrected chi connectivity index (χ0v) is 15.3. The van der Waals surface area contributed by atoms with Gasteiger partial charge in [0.1, 0.15) is 0 Å². The largest absolute Gasteiger partial charge is 0.349 e. The first-order valence-corrected chi connectivity index (χ1v) is 7.90. The van der Waals surface area contributed by atoms with Gasteiger partial charge in [-0.2, -0.15) is 0 Å². The van der Waals surface area contributed by atoms with Crippen LogP contribution in [0.3, 0.4) is 0 Å². The molecule has 0 fully saturated rings. The van der Waals surface area contributed by atoms with Gasteiger partial charge in [0, 0.05) is 13.0 Å². The standard InChI is InChI=1S/C18H30N2O.ClH/c1-6-15(16-9-7-14(4)8-10-16)11-17(21)20-18(5,12-19)13(2)3;/h7-10,13,15H,6,11-12,19H2,1-5H3,(H,20,21);1H. The van der Waals surface area contributed by atoms with Gasteiger partial charge in [-0.05, 0) is 37.7 Å². The van der Waals surface area contributed by atoms with E-state index in [-0.39, 0.29) is 29.8 Å². The molecule has 126 valence electrons. The number of hydrogen-bond donors (Lipinski definition) is 2. The monoisotopic (exact) mass is 326 g/mol. The van der Waals surface area contributed by atoms with Crippen LogP contribution in [0.4, 0.5) is 0 Å². The fourth-order valence-corrected chi connectivity index (χ4v) is 2.36. The van der Waals surface area contributed by atoms with Crippen molar-refractivity contribution in [1.29, 1.82) is 0 Å². The van der Waals surface area contributed by atoms with Gasteiger partial charge in [0.25, 0.3) is 0 Å². The number of benzene rings is 1. The van der Waals surface area contributed by atoms with Gasteiger partial charge < -0.3 is 11.1 Å². The molecule has 4 heteroatoms. The van der Waals surface area contributed by atoms with E-state index in [4.69, 9.17) is 5.73 Å². The Hall–Kier alpha value is -1.06. The highest BCUT2D eigenvalue weighted by molar-refractivity contribution is 5.85. The zero-order chi connectivity index (χ0) is 16.0. The predicted molar refractivity (Wildman–Crippen MR) is 96.5 cm³/mol.